The number of nitrogens with zero attached hydrogens (tertiary/aromatic N) is 2. The summed E-state index contributed by atoms with van der Waals surface area (Å²) in [6, 6.07) is 15.5. The lowest BCUT2D eigenvalue weighted by atomic mass is 10.1. The number of anilines is 1. The van der Waals surface area contributed by atoms with Crippen molar-refractivity contribution >= 4 is 21.6 Å². The van der Waals surface area contributed by atoms with Gasteiger partial charge in [-0.05, 0) is 51.1 Å². The molecule has 0 aliphatic rings. The van der Waals surface area contributed by atoms with Crippen LogP contribution in [0.5, 0.6) is 0 Å². The fourth-order valence-corrected chi connectivity index (χ4v) is 4.12. The molecule has 1 amide bonds. The number of hydrogen-bond acceptors (Lipinski definition) is 4. The largest absolute Gasteiger partial charge is 0.321 e. The van der Waals surface area contributed by atoms with Crippen molar-refractivity contribution in [3.8, 4) is 5.69 Å². The predicted octanol–water partition coefficient (Wildman–Crippen LogP) is 3.20. The van der Waals surface area contributed by atoms with Crippen molar-refractivity contribution in [2.24, 2.45) is 0 Å². The highest BCUT2D eigenvalue weighted by Gasteiger charge is 2.22. The Morgan fingerprint density at radius 2 is 1.75 bits per heavy atom. The highest BCUT2D eigenvalue weighted by Crippen LogP contribution is 2.19. The summed E-state index contributed by atoms with van der Waals surface area (Å²) in [4.78, 5) is 16.9. The van der Waals surface area contributed by atoms with Crippen molar-refractivity contribution < 1.29 is 13.2 Å². The quantitative estimate of drug-likeness (QED) is 0.690. The van der Waals surface area contributed by atoms with Crippen LogP contribution < -0.4 is 10.0 Å². The predicted molar refractivity (Wildman–Crippen MR) is 108 cm³/mol. The molecule has 2 N–H and O–H groups in total. The van der Waals surface area contributed by atoms with Crippen LogP contribution >= 0.6 is 0 Å². The van der Waals surface area contributed by atoms with Crippen LogP contribution in [0.15, 0.2) is 72.0 Å². The molecule has 0 spiro atoms. The molecule has 1 heterocycles. The molecule has 8 heteroatoms. The third kappa shape index (κ3) is 4.65. The molecule has 0 saturated carbocycles. The Bertz CT molecular complexity index is 1080. The third-order valence-corrected chi connectivity index (χ3v) is 5.50. The maximum atomic E-state index is 12.7. The van der Waals surface area contributed by atoms with Crippen LogP contribution in [0.3, 0.4) is 0 Å². The standard InChI is InChI=1S/C20H22N4O3S/c1-20(2,3)23-28(26,27)17-11-7-8-15(12-17)22-19(25)18-13-21-14-24(18)16-9-5-4-6-10-16/h4-14,23H,1-3H3,(H,22,25). The minimum Gasteiger partial charge on any atom is -0.321 e. The van der Waals surface area contributed by atoms with Crippen LogP contribution in [-0.2, 0) is 10.0 Å². The smallest absolute Gasteiger partial charge is 0.274 e. The molecular weight excluding hydrogens is 376 g/mol. The van der Waals surface area contributed by atoms with Gasteiger partial charge < -0.3 is 5.32 Å². The van der Waals surface area contributed by atoms with E-state index in [1.54, 1.807) is 43.8 Å². The number of carbonyl (C=O) groups is 1. The fraction of sp³-hybridized carbons (Fsp3) is 0.200. The van der Waals surface area contributed by atoms with E-state index >= 15 is 0 Å². The molecule has 0 aliphatic carbocycles. The number of carbonyl (C=O) groups excluding carboxylic acids is 1. The molecular formula is C20H22N4O3S. The second kappa shape index (κ2) is 7.57. The number of amides is 1. The summed E-state index contributed by atoms with van der Waals surface area (Å²) in [6.45, 7) is 5.29. The zero-order chi connectivity index (χ0) is 20.4. The number of benzene rings is 2. The van der Waals surface area contributed by atoms with Gasteiger partial charge in [-0.2, -0.15) is 0 Å². The van der Waals surface area contributed by atoms with E-state index in [0.717, 1.165) is 5.69 Å². The van der Waals surface area contributed by atoms with E-state index in [9.17, 15) is 13.2 Å². The summed E-state index contributed by atoms with van der Waals surface area (Å²) < 4.78 is 29.3. The van der Waals surface area contributed by atoms with Crippen LogP contribution in [0.2, 0.25) is 0 Å². The van der Waals surface area contributed by atoms with Gasteiger partial charge in [-0.1, -0.05) is 24.3 Å². The molecule has 28 heavy (non-hydrogen) atoms. The van der Waals surface area contributed by atoms with E-state index in [1.807, 2.05) is 30.3 Å². The van der Waals surface area contributed by atoms with E-state index in [-0.39, 0.29) is 10.8 Å². The SMILES string of the molecule is CC(C)(C)NS(=O)(=O)c1cccc(NC(=O)c2cncn2-c2ccccc2)c1. The topological polar surface area (TPSA) is 93.1 Å². The average molecular weight is 398 g/mol. The van der Waals surface area contributed by atoms with Crippen LogP contribution in [-0.4, -0.2) is 29.4 Å². The third-order valence-electron chi connectivity index (χ3n) is 3.75. The summed E-state index contributed by atoms with van der Waals surface area (Å²) in [5.74, 6) is -0.389. The van der Waals surface area contributed by atoms with E-state index in [2.05, 4.69) is 15.0 Å². The Labute approximate surface area is 164 Å². The number of sulfonamides is 1. The minimum absolute atomic E-state index is 0.0804. The van der Waals surface area contributed by atoms with Gasteiger partial charge in [0, 0.05) is 16.9 Å². The van der Waals surface area contributed by atoms with E-state index in [4.69, 9.17) is 0 Å². The van der Waals surface area contributed by atoms with Crippen molar-refractivity contribution in [1.29, 1.82) is 0 Å². The van der Waals surface area contributed by atoms with Gasteiger partial charge in [0.2, 0.25) is 10.0 Å². The zero-order valence-corrected chi connectivity index (χ0v) is 16.7. The molecule has 7 nitrogen and oxygen atoms in total. The number of rotatable bonds is 5. The Morgan fingerprint density at radius 3 is 2.43 bits per heavy atom. The Kier molecular flexibility index (Phi) is 5.35. The first-order chi connectivity index (χ1) is 13.2. The number of hydrogen-bond donors (Lipinski definition) is 2. The first kappa shape index (κ1) is 19.8. The van der Waals surface area contributed by atoms with Crippen molar-refractivity contribution in [2.75, 3.05) is 5.32 Å². The van der Waals surface area contributed by atoms with Crippen LogP contribution in [0.25, 0.3) is 5.69 Å². The summed E-state index contributed by atoms with van der Waals surface area (Å²) in [5, 5.41) is 2.74. The first-order valence-corrected chi connectivity index (χ1v) is 10.2. The molecule has 0 saturated heterocycles. The lowest BCUT2D eigenvalue weighted by Gasteiger charge is -2.20. The maximum absolute atomic E-state index is 12.7. The lowest BCUT2D eigenvalue weighted by molar-refractivity contribution is 0.102. The van der Waals surface area contributed by atoms with Gasteiger partial charge in [0.05, 0.1) is 17.4 Å². The van der Waals surface area contributed by atoms with Gasteiger partial charge in [0.1, 0.15) is 5.69 Å². The van der Waals surface area contributed by atoms with E-state index in [0.29, 0.717) is 11.4 Å². The molecule has 0 bridgehead atoms. The highest BCUT2D eigenvalue weighted by atomic mass is 32.2. The molecule has 0 atom stereocenters. The first-order valence-electron chi connectivity index (χ1n) is 8.69. The second-order valence-corrected chi connectivity index (χ2v) is 9.00. The lowest BCUT2D eigenvalue weighted by Crippen LogP contribution is -2.40. The van der Waals surface area contributed by atoms with Crippen molar-refractivity contribution in [3.05, 3.63) is 72.8 Å². The monoisotopic (exact) mass is 398 g/mol. The van der Waals surface area contributed by atoms with Gasteiger partial charge in [-0.15, -0.1) is 0 Å². The van der Waals surface area contributed by atoms with Crippen molar-refractivity contribution in [1.82, 2.24) is 14.3 Å². The number of aromatic nitrogens is 2. The highest BCUT2D eigenvalue weighted by molar-refractivity contribution is 7.89. The number of imidazole rings is 1. The molecule has 0 fully saturated rings. The Hall–Kier alpha value is -2.97. The van der Waals surface area contributed by atoms with Gasteiger partial charge in [0.15, 0.2) is 0 Å². The second-order valence-electron chi connectivity index (χ2n) is 7.32. The molecule has 2 aromatic carbocycles. The molecule has 0 aliphatic heterocycles. The molecule has 0 radical (unpaired) electrons. The Morgan fingerprint density at radius 1 is 1.04 bits per heavy atom. The van der Waals surface area contributed by atoms with Gasteiger partial charge >= 0.3 is 0 Å². The van der Waals surface area contributed by atoms with E-state index < -0.39 is 15.6 Å². The summed E-state index contributed by atoms with van der Waals surface area (Å²) in [5.41, 5.74) is 0.908. The normalized spacial score (nSPS) is 12.0. The van der Waals surface area contributed by atoms with Crippen LogP contribution in [0, 0.1) is 0 Å². The molecule has 146 valence electrons. The zero-order valence-electron chi connectivity index (χ0n) is 15.9. The minimum atomic E-state index is -3.70. The van der Waals surface area contributed by atoms with Gasteiger partial charge in [-0.25, -0.2) is 18.1 Å². The summed E-state index contributed by atoms with van der Waals surface area (Å²) in [6.07, 6.45) is 3.02. The average Bonchev–Trinajstić information content (AvgIpc) is 3.11. The molecule has 3 aromatic rings. The van der Waals surface area contributed by atoms with E-state index in [1.165, 1.54) is 18.3 Å². The van der Waals surface area contributed by atoms with Crippen molar-refractivity contribution in [2.45, 2.75) is 31.2 Å². The number of para-hydroxylation sites is 1. The van der Waals surface area contributed by atoms with Crippen LogP contribution in [0.1, 0.15) is 31.3 Å². The van der Waals surface area contributed by atoms with Gasteiger partial charge in [0.25, 0.3) is 5.91 Å². The fourth-order valence-electron chi connectivity index (χ4n) is 2.66. The molecule has 0 unspecified atom stereocenters. The maximum Gasteiger partial charge on any atom is 0.274 e. The van der Waals surface area contributed by atoms with Gasteiger partial charge in [-0.3, -0.25) is 9.36 Å². The van der Waals surface area contributed by atoms with Crippen molar-refractivity contribution in [3.63, 3.8) is 0 Å². The molecule has 3 rings (SSSR count). The Balaban J connectivity index is 1.84. The summed E-state index contributed by atoms with van der Waals surface area (Å²) >= 11 is 0. The number of nitrogens with one attached hydrogen (secondary N) is 2. The molecule has 1 aromatic heterocycles. The van der Waals surface area contributed by atoms with Crippen LogP contribution in [0.4, 0.5) is 5.69 Å². The summed E-state index contributed by atoms with van der Waals surface area (Å²) in [7, 11) is -3.70.